The minimum atomic E-state index is 0.306. The van der Waals surface area contributed by atoms with Crippen molar-refractivity contribution in [2.45, 2.75) is 32.0 Å². The highest BCUT2D eigenvalue weighted by Crippen LogP contribution is 2.18. The van der Waals surface area contributed by atoms with Crippen molar-refractivity contribution in [2.24, 2.45) is 0 Å². The maximum Gasteiger partial charge on any atom is 0.195 e. The maximum atomic E-state index is 5.83. The lowest BCUT2D eigenvalue weighted by atomic mass is 10.2. The van der Waals surface area contributed by atoms with Crippen LogP contribution >= 0.6 is 0 Å². The van der Waals surface area contributed by atoms with Crippen LogP contribution in [-0.2, 0) is 17.8 Å². The van der Waals surface area contributed by atoms with Gasteiger partial charge in [-0.2, -0.15) is 0 Å². The van der Waals surface area contributed by atoms with Gasteiger partial charge in [0.2, 0.25) is 0 Å². The van der Waals surface area contributed by atoms with Gasteiger partial charge in [0.15, 0.2) is 11.6 Å². The average molecular weight is 350 g/mol. The largest absolute Gasteiger partial charge is 0.461 e. The number of hydrogen-bond acceptors (Lipinski definition) is 6. The standard InChI is InChI=1S/C20H22N4O2/c1-3-18(25-9-1)15-24(13-16-5-7-21-8-6-16)14-17-11-22-20(23-12-17)19-4-2-10-26-19/h2,4-8,10-12,18H,1,3,9,13-15H2/t18-/m0/s1. The second-order valence-corrected chi connectivity index (χ2v) is 6.55. The molecule has 0 N–H and O–H groups in total. The molecule has 6 nitrogen and oxygen atoms in total. The SMILES string of the molecule is c1coc(-c2ncc(CN(Cc3ccncc3)C[C@@H]3CCCO3)cn2)c1. The van der Waals surface area contributed by atoms with Crippen molar-refractivity contribution in [3.8, 4) is 11.6 Å². The van der Waals surface area contributed by atoms with E-state index in [9.17, 15) is 0 Å². The third kappa shape index (κ3) is 4.33. The first-order valence-corrected chi connectivity index (χ1v) is 8.94. The molecule has 1 saturated heterocycles. The Kier molecular flexibility index (Phi) is 5.33. The molecule has 0 aromatic carbocycles. The minimum Gasteiger partial charge on any atom is -0.461 e. The first-order chi connectivity index (χ1) is 12.9. The van der Waals surface area contributed by atoms with E-state index in [1.54, 1.807) is 6.26 Å². The fraction of sp³-hybridized carbons (Fsp3) is 0.350. The number of rotatable bonds is 7. The Morgan fingerprint density at radius 1 is 1.04 bits per heavy atom. The zero-order chi connectivity index (χ0) is 17.6. The molecule has 134 valence electrons. The highest BCUT2D eigenvalue weighted by molar-refractivity contribution is 5.45. The first kappa shape index (κ1) is 16.9. The summed E-state index contributed by atoms with van der Waals surface area (Å²) in [4.78, 5) is 15.4. The summed E-state index contributed by atoms with van der Waals surface area (Å²) < 4.78 is 11.2. The molecule has 0 bridgehead atoms. The molecular formula is C20H22N4O2. The fourth-order valence-corrected chi connectivity index (χ4v) is 3.24. The number of aromatic nitrogens is 3. The molecule has 3 aromatic rings. The predicted molar refractivity (Wildman–Crippen MR) is 97.1 cm³/mol. The zero-order valence-corrected chi connectivity index (χ0v) is 14.6. The summed E-state index contributed by atoms with van der Waals surface area (Å²) in [6.45, 7) is 3.40. The minimum absolute atomic E-state index is 0.306. The average Bonchev–Trinajstić information content (AvgIpc) is 3.37. The van der Waals surface area contributed by atoms with Gasteiger partial charge in [-0.1, -0.05) is 0 Å². The van der Waals surface area contributed by atoms with Crippen LogP contribution in [0, 0.1) is 0 Å². The van der Waals surface area contributed by atoms with E-state index in [4.69, 9.17) is 9.15 Å². The number of furan rings is 1. The van der Waals surface area contributed by atoms with Gasteiger partial charge in [0, 0.05) is 56.6 Å². The highest BCUT2D eigenvalue weighted by atomic mass is 16.5. The van der Waals surface area contributed by atoms with Gasteiger partial charge in [-0.15, -0.1) is 0 Å². The Labute approximate surface area is 152 Å². The van der Waals surface area contributed by atoms with Gasteiger partial charge in [0.1, 0.15) is 0 Å². The van der Waals surface area contributed by atoms with E-state index in [2.05, 4.69) is 32.0 Å². The van der Waals surface area contributed by atoms with Gasteiger partial charge < -0.3 is 9.15 Å². The molecule has 26 heavy (non-hydrogen) atoms. The van der Waals surface area contributed by atoms with E-state index >= 15 is 0 Å². The van der Waals surface area contributed by atoms with Gasteiger partial charge in [0.25, 0.3) is 0 Å². The Morgan fingerprint density at radius 3 is 2.54 bits per heavy atom. The molecule has 0 aliphatic carbocycles. The molecule has 6 heteroatoms. The Bertz CT molecular complexity index is 784. The zero-order valence-electron chi connectivity index (χ0n) is 14.6. The number of pyridine rings is 1. The number of nitrogens with zero attached hydrogens (tertiary/aromatic N) is 4. The molecule has 3 aromatic heterocycles. The molecule has 4 heterocycles. The van der Waals surface area contributed by atoms with Crippen LogP contribution < -0.4 is 0 Å². The normalized spacial score (nSPS) is 17.0. The van der Waals surface area contributed by atoms with E-state index in [1.165, 1.54) is 5.56 Å². The summed E-state index contributed by atoms with van der Waals surface area (Å²) in [5, 5.41) is 0. The van der Waals surface area contributed by atoms with Crippen molar-refractivity contribution in [3.63, 3.8) is 0 Å². The Hall–Kier alpha value is -2.57. The summed E-state index contributed by atoms with van der Waals surface area (Å²) >= 11 is 0. The van der Waals surface area contributed by atoms with Crippen LogP contribution in [0.5, 0.6) is 0 Å². The summed E-state index contributed by atoms with van der Waals surface area (Å²) in [6, 6.07) is 7.81. The van der Waals surface area contributed by atoms with Crippen molar-refractivity contribution >= 4 is 0 Å². The monoisotopic (exact) mass is 350 g/mol. The topological polar surface area (TPSA) is 64.3 Å². The van der Waals surface area contributed by atoms with Gasteiger partial charge in [-0.05, 0) is 42.7 Å². The van der Waals surface area contributed by atoms with Gasteiger partial charge >= 0.3 is 0 Å². The van der Waals surface area contributed by atoms with Crippen LogP contribution in [0.3, 0.4) is 0 Å². The van der Waals surface area contributed by atoms with E-state index in [1.807, 2.05) is 36.9 Å². The molecule has 0 unspecified atom stereocenters. The van der Waals surface area contributed by atoms with E-state index in [-0.39, 0.29) is 0 Å². The second kappa shape index (κ2) is 8.21. The van der Waals surface area contributed by atoms with Gasteiger partial charge in [0.05, 0.1) is 12.4 Å². The van der Waals surface area contributed by atoms with E-state index in [0.717, 1.165) is 44.6 Å². The van der Waals surface area contributed by atoms with Gasteiger partial charge in [-0.3, -0.25) is 9.88 Å². The summed E-state index contributed by atoms with van der Waals surface area (Å²) in [5.74, 6) is 1.29. The first-order valence-electron chi connectivity index (χ1n) is 8.94. The molecule has 1 fully saturated rings. The maximum absolute atomic E-state index is 5.83. The molecule has 0 spiro atoms. The smallest absolute Gasteiger partial charge is 0.195 e. The van der Waals surface area contributed by atoms with Crippen molar-refractivity contribution in [1.29, 1.82) is 0 Å². The predicted octanol–water partition coefficient (Wildman–Crippen LogP) is 3.31. The molecule has 1 aliphatic heterocycles. The van der Waals surface area contributed by atoms with Crippen LogP contribution in [0.1, 0.15) is 24.0 Å². The molecule has 4 rings (SSSR count). The van der Waals surface area contributed by atoms with Crippen LogP contribution in [0.25, 0.3) is 11.6 Å². The summed E-state index contributed by atoms with van der Waals surface area (Å²) in [7, 11) is 0. The Balaban J connectivity index is 1.46. The molecule has 1 aliphatic rings. The third-order valence-electron chi connectivity index (χ3n) is 4.49. The molecule has 1 atom stereocenters. The quantitative estimate of drug-likeness (QED) is 0.651. The molecular weight excluding hydrogens is 328 g/mol. The van der Waals surface area contributed by atoms with Crippen molar-refractivity contribution in [3.05, 3.63) is 66.4 Å². The summed E-state index contributed by atoms with van der Waals surface area (Å²) in [5.41, 5.74) is 2.32. The third-order valence-corrected chi connectivity index (χ3v) is 4.49. The second-order valence-electron chi connectivity index (χ2n) is 6.55. The fourth-order valence-electron chi connectivity index (χ4n) is 3.24. The number of hydrogen-bond donors (Lipinski definition) is 0. The highest BCUT2D eigenvalue weighted by Gasteiger charge is 2.20. The van der Waals surface area contributed by atoms with Crippen molar-refractivity contribution in [2.75, 3.05) is 13.2 Å². The van der Waals surface area contributed by atoms with Crippen LogP contribution in [0.4, 0.5) is 0 Å². The van der Waals surface area contributed by atoms with Crippen molar-refractivity contribution in [1.82, 2.24) is 19.9 Å². The lowest BCUT2D eigenvalue weighted by Crippen LogP contribution is -2.31. The van der Waals surface area contributed by atoms with Crippen LogP contribution in [-0.4, -0.2) is 39.1 Å². The molecule has 0 amide bonds. The Morgan fingerprint density at radius 2 is 1.85 bits per heavy atom. The lowest BCUT2D eigenvalue weighted by molar-refractivity contribution is 0.0678. The van der Waals surface area contributed by atoms with Gasteiger partial charge in [-0.25, -0.2) is 9.97 Å². The van der Waals surface area contributed by atoms with E-state index in [0.29, 0.717) is 17.7 Å². The molecule has 0 radical (unpaired) electrons. The van der Waals surface area contributed by atoms with Crippen molar-refractivity contribution < 1.29 is 9.15 Å². The number of ether oxygens (including phenoxy) is 1. The lowest BCUT2D eigenvalue weighted by Gasteiger charge is -2.25. The molecule has 0 saturated carbocycles. The van der Waals surface area contributed by atoms with Crippen LogP contribution in [0.2, 0.25) is 0 Å². The summed E-state index contributed by atoms with van der Waals surface area (Å²) in [6.07, 6.45) is 11.6. The van der Waals surface area contributed by atoms with Crippen LogP contribution in [0.15, 0.2) is 59.7 Å². The van der Waals surface area contributed by atoms with E-state index < -0.39 is 0 Å².